The maximum absolute atomic E-state index is 3.62. The van der Waals surface area contributed by atoms with E-state index in [4.69, 9.17) is 0 Å². The molecule has 1 nitrogen and oxygen atoms in total. The number of benzene rings is 2. The summed E-state index contributed by atoms with van der Waals surface area (Å²) < 4.78 is 1.14. The van der Waals surface area contributed by atoms with Gasteiger partial charge in [0.25, 0.3) is 0 Å². The Bertz CT molecular complexity index is 572. The van der Waals surface area contributed by atoms with Crippen molar-refractivity contribution in [1.29, 1.82) is 0 Å². The summed E-state index contributed by atoms with van der Waals surface area (Å²) in [4.78, 5) is 0. The highest BCUT2D eigenvalue weighted by molar-refractivity contribution is 9.10. The summed E-state index contributed by atoms with van der Waals surface area (Å²) in [7, 11) is 0. The second-order valence-corrected chi connectivity index (χ2v) is 6.46. The standard InChI is InChI=1S/C19H24BrN/c1-4-7-15-8-6-9-16(12-15)19(21-5-2)17-10-14(3)11-18(20)13-17/h6,8-13,19,21H,4-5,7H2,1-3H3. The van der Waals surface area contributed by atoms with Gasteiger partial charge in [0.1, 0.15) is 0 Å². The van der Waals surface area contributed by atoms with Gasteiger partial charge < -0.3 is 5.32 Å². The molecule has 2 heteroatoms. The minimum absolute atomic E-state index is 0.253. The van der Waals surface area contributed by atoms with Gasteiger partial charge in [0.2, 0.25) is 0 Å². The number of aryl methyl sites for hydroxylation is 2. The van der Waals surface area contributed by atoms with Crippen molar-refractivity contribution < 1.29 is 0 Å². The molecule has 2 aromatic carbocycles. The quantitative estimate of drug-likeness (QED) is 0.737. The van der Waals surface area contributed by atoms with E-state index in [2.05, 4.69) is 84.5 Å². The number of hydrogen-bond acceptors (Lipinski definition) is 1. The lowest BCUT2D eigenvalue weighted by Crippen LogP contribution is -2.22. The third-order valence-electron chi connectivity index (χ3n) is 3.63. The zero-order chi connectivity index (χ0) is 15.2. The van der Waals surface area contributed by atoms with Crippen molar-refractivity contribution in [3.8, 4) is 0 Å². The zero-order valence-electron chi connectivity index (χ0n) is 13.1. The Kier molecular flexibility index (Phi) is 6.01. The smallest absolute Gasteiger partial charge is 0.0577 e. The Hall–Kier alpha value is -1.12. The van der Waals surface area contributed by atoms with Crippen LogP contribution in [0.1, 0.15) is 48.6 Å². The van der Waals surface area contributed by atoms with Gasteiger partial charge in [0.15, 0.2) is 0 Å². The van der Waals surface area contributed by atoms with Crippen molar-refractivity contribution in [2.45, 2.75) is 39.7 Å². The first-order chi connectivity index (χ1) is 10.1. The number of halogens is 1. The number of nitrogens with one attached hydrogen (secondary N) is 1. The molecule has 1 unspecified atom stereocenters. The summed E-state index contributed by atoms with van der Waals surface area (Å²) >= 11 is 3.62. The first-order valence-electron chi connectivity index (χ1n) is 7.73. The van der Waals surface area contributed by atoms with Crippen LogP contribution in [-0.4, -0.2) is 6.54 Å². The highest BCUT2D eigenvalue weighted by atomic mass is 79.9. The molecule has 0 radical (unpaired) electrons. The third-order valence-corrected chi connectivity index (χ3v) is 4.09. The molecule has 2 rings (SSSR count). The lowest BCUT2D eigenvalue weighted by atomic mass is 9.95. The van der Waals surface area contributed by atoms with E-state index in [0.717, 1.165) is 17.4 Å². The van der Waals surface area contributed by atoms with Crippen LogP contribution in [0.5, 0.6) is 0 Å². The van der Waals surface area contributed by atoms with E-state index in [1.807, 2.05) is 0 Å². The van der Waals surface area contributed by atoms with Gasteiger partial charge in [0.05, 0.1) is 6.04 Å². The molecule has 0 aliphatic heterocycles. The maximum atomic E-state index is 3.62. The second-order valence-electron chi connectivity index (χ2n) is 5.55. The fourth-order valence-corrected chi connectivity index (χ4v) is 3.41. The molecule has 0 heterocycles. The summed E-state index contributed by atoms with van der Waals surface area (Å²) in [6, 6.07) is 15.9. The molecule has 0 bridgehead atoms. The Morgan fingerprint density at radius 3 is 2.52 bits per heavy atom. The van der Waals surface area contributed by atoms with Gasteiger partial charge >= 0.3 is 0 Å². The minimum Gasteiger partial charge on any atom is -0.307 e. The zero-order valence-corrected chi connectivity index (χ0v) is 14.7. The first kappa shape index (κ1) is 16.3. The highest BCUT2D eigenvalue weighted by Gasteiger charge is 2.14. The molecule has 2 aromatic rings. The predicted molar refractivity (Wildman–Crippen MR) is 94.8 cm³/mol. The maximum Gasteiger partial charge on any atom is 0.0577 e. The van der Waals surface area contributed by atoms with Crippen LogP contribution < -0.4 is 5.32 Å². The van der Waals surface area contributed by atoms with Gasteiger partial charge in [0, 0.05) is 4.47 Å². The summed E-state index contributed by atoms with van der Waals surface area (Å²) in [5, 5.41) is 3.62. The minimum atomic E-state index is 0.253. The Morgan fingerprint density at radius 2 is 1.86 bits per heavy atom. The van der Waals surface area contributed by atoms with E-state index < -0.39 is 0 Å². The van der Waals surface area contributed by atoms with Crippen LogP contribution in [0.3, 0.4) is 0 Å². The average molecular weight is 346 g/mol. The molecule has 0 amide bonds. The number of hydrogen-bond donors (Lipinski definition) is 1. The molecule has 0 aliphatic rings. The van der Waals surface area contributed by atoms with Gasteiger partial charge in [-0.05, 0) is 54.3 Å². The fraction of sp³-hybridized carbons (Fsp3) is 0.368. The SMILES string of the molecule is CCCc1cccc(C(NCC)c2cc(C)cc(Br)c2)c1. The van der Waals surface area contributed by atoms with Crippen LogP contribution in [-0.2, 0) is 6.42 Å². The summed E-state index contributed by atoms with van der Waals surface area (Å²) in [6.45, 7) is 7.48. The van der Waals surface area contributed by atoms with Crippen LogP contribution in [0.2, 0.25) is 0 Å². The highest BCUT2D eigenvalue weighted by Crippen LogP contribution is 2.27. The van der Waals surface area contributed by atoms with Gasteiger partial charge in [-0.15, -0.1) is 0 Å². The molecule has 0 aliphatic carbocycles. The largest absolute Gasteiger partial charge is 0.307 e. The van der Waals surface area contributed by atoms with E-state index in [-0.39, 0.29) is 6.04 Å². The van der Waals surface area contributed by atoms with Gasteiger partial charge in [-0.3, -0.25) is 0 Å². The van der Waals surface area contributed by atoms with E-state index >= 15 is 0 Å². The average Bonchev–Trinajstić information content (AvgIpc) is 2.44. The molecule has 0 spiro atoms. The monoisotopic (exact) mass is 345 g/mol. The van der Waals surface area contributed by atoms with Gasteiger partial charge in [-0.25, -0.2) is 0 Å². The van der Waals surface area contributed by atoms with Crippen molar-refractivity contribution in [2.24, 2.45) is 0 Å². The first-order valence-corrected chi connectivity index (χ1v) is 8.52. The van der Waals surface area contributed by atoms with Gasteiger partial charge in [-0.2, -0.15) is 0 Å². The molecule has 0 fully saturated rings. The normalized spacial score (nSPS) is 12.4. The topological polar surface area (TPSA) is 12.0 Å². The van der Waals surface area contributed by atoms with Crippen molar-refractivity contribution in [3.05, 3.63) is 69.2 Å². The van der Waals surface area contributed by atoms with Crippen molar-refractivity contribution >= 4 is 15.9 Å². The second kappa shape index (κ2) is 7.77. The Balaban J connectivity index is 2.40. The molecular formula is C19H24BrN. The Morgan fingerprint density at radius 1 is 1.05 bits per heavy atom. The van der Waals surface area contributed by atoms with Crippen LogP contribution in [0.4, 0.5) is 0 Å². The molecular weight excluding hydrogens is 322 g/mol. The molecule has 1 N–H and O–H groups in total. The summed E-state index contributed by atoms with van der Waals surface area (Å²) in [6.07, 6.45) is 2.33. The van der Waals surface area contributed by atoms with Crippen molar-refractivity contribution in [2.75, 3.05) is 6.54 Å². The van der Waals surface area contributed by atoms with Crippen LogP contribution in [0, 0.1) is 6.92 Å². The molecule has 112 valence electrons. The molecule has 0 aromatic heterocycles. The molecule has 21 heavy (non-hydrogen) atoms. The van der Waals surface area contributed by atoms with Crippen LogP contribution in [0.15, 0.2) is 46.9 Å². The van der Waals surface area contributed by atoms with E-state index in [9.17, 15) is 0 Å². The Labute approximate surface area is 136 Å². The third kappa shape index (κ3) is 4.42. The van der Waals surface area contributed by atoms with Crippen molar-refractivity contribution in [3.63, 3.8) is 0 Å². The molecule has 1 atom stereocenters. The van der Waals surface area contributed by atoms with E-state index in [1.165, 1.54) is 28.7 Å². The predicted octanol–water partition coefficient (Wildman–Crippen LogP) is 5.41. The number of rotatable bonds is 6. The lowest BCUT2D eigenvalue weighted by Gasteiger charge is -2.20. The molecule has 0 saturated heterocycles. The van der Waals surface area contributed by atoms with Crippen LogP contribution in [0.25, 0.3) is 0 Å². The summed E-state index contributed by atoms with van der Waals surface area (Å²) in [5.41, 5.74) is 5.37. The van der Waals surface area contributed by atoms with E-state index in [1.54, 1.807) is 0 Å². The van der Waals surface area contributed by atoms with Crippen molar-refractivity contribution in [1.82, 2.24) is 5.32 Å². The fourth-order valence-electron chi connectivity index (χ4n) is 2.78. The van der Waals surface area contributed by atoms with E-state index in [0.29, 0.717) is 0 Å². The van der Waals surface area contributed by atoms with Gasteiger partial charge in [-0.1, -0.05) is 66.5 Å². The lowest BCUT2D eigenvalue weighted by molar-refractivity contribution is 0.629. The van der Waals surface area contributed by atoms with Crippen LogP contribution >= 0.6 is 15.9 Å². The summed E-state index contributed by atoms with van der Waals surface area (Å²) in [5.74, 6) is 0. The molecule has 0 saturated carbocycles.